The van der Waals surface area contributed by atoms with Crippen LogP contribution < -0.4 is 10.6 Å². The summed E-state index contributed by atoms with van der Waals surface area (Å²) >= 11 is 11.0. The number of hydrogen-bond acceptors (Lipinski definition) is 4. The molecule has 0 bridgehead atoms. The van der Waals surface area contributed by atoms with E-state index in [-0.39, 0.29) is 5.02 Å². The number of rotatable bonds is 5. The van der Waals surface area contributed by atoms with Crippen molar-refractivity contribution in [1.29, 1.82) is 0 Å². The Kier molecular flexibility index (Phi) is 6.23. The van der Waals surface area contributed by atoms with Gasteiger partial charge in [0.05, 0.1) is 36.1 Å². The normalized spacial score (nSPS) is 10.4. The Bertz CT molecular complexity index is 1020. The standard InChI is InChI=1S/C19H16ClFN4O2S/c1-27-18(26)15-5-3-2-4-12(15)10-25-11-14(9-22-25)24-19(28)23-13-6-7-17(21)16(20)8-13/h2-9,11H,10H2,1H3,(H2,23,24,28). The smallest absolute Gasteiger partial charge is 0.338 e. The second-order valence-corrected chi connectivity index (χ2v) is 6.60. The molecule has 1 heterocycles. The van der Waals surface area contributed by atoms with E-state index in [1.165, 1.54) is 25.3 Å². The molecule has 3 rings (SSSR count). The number of benzene rings is 2. The first kappa shape index (κ1) is 19.8. The van der Waals surface area contributed by atoms with Crippen LogP contribution in [0.2, 0.25) is 5.02 Å². The minimum atomic E-state index is -0.500. The van der Waals surface area contributed by atoms with Crippen LogP contribution in [0.1, 0.15) is 15.9 Å². The van der Waals surface area contributed by atoms with Crippen molar-refractivity contribution in [3.8, 4) is 0 Å². The summed E-state index contributed by atoms with van der Waals surface area (Å²) in [6, 6.07) is 11.4. The Morgan fingerprint density at radius 2 is 2.00 bits per heavy atom. The minimum absolute atomic E-state index is 0.00453. The molecule has 9 heteroatoms. The molecule has 0 spiro atoms. The van der Waals surface area contributed by atoms with E-state index in [0.717, 1.165) is 5.56 Å². The van der Waals surface area contributed by atoms with Gasteiger partial charge in [0, 0.05) is 11.9 Å². The van der Waals surface area contributed by atoms with Gasteiger partial charge in [0.25, 0.3) is 0 Å². The molecule has 0 aliphatic carbocycles. The monoisotopic (exact) mass is 418 g/mol. The third kappa shape index (κ3) is 4.85. The molecule has 28 heavy (non-hydrogen) atoms. The SMILES string of the molecule is COC(=O)c1ccccc1Cn1cc(NC(=S)Nc2ccc(F)c(Cl)c2)cn1. The van der Waals surface area contributed by atoms with Crippen LogP contribution >= 0.6 is 23.8 Å². The Morgan fingerprint density at radius 3 is 2.75 bits per heavy atom. The summed E-state index contributed by atoms with van der Waals surface area (Å²) in [6.07, 6.45) is 3.35. The number of carbonyl (C=O) groups excluding carboxylic acids is 1. The van der Waals surface area contributed by atoms with Gasteiger partial charge < -0.3 is 15.4 Å². The molecule has 2 aromatic carbocycles. The van der Waals surface area contributed by atoms with Crippen LogP contribution in [-0.2, 0) is 11.3 Å². The maximum Gasteiger partial charge on any atom is 0.338 e. The van der Waals surface area contributed by atoms with Crippen LogP contribution in [0, 0.1) is 5.82 Å². The molecule has 6 nitrogen and oxygen atoms in total. The number of carbonyl (C=O) groups is 1. The van der Waals surface area contributed by atoms with Crippen molar-refractivity contribution in [1.82, 2.24) is 9.78 Å². The number of aromatic nitrogens is 2. The summed E-state index contributed by atoms with van der Waals surface area (Å²) in [6.45, 7) is 0.390. The predicted molar refractivity (Wildman–Crippen MR) is 110 cm³/mol. The lowest BCUT2D eigenvalue weighted by Crippen LogP contribution is -2.18. The highest BCUT2D eigenvalue weighted by Gasteiger charge is 2.12. The van der Waals surface area contributed by atoms with E-state index >= 15 is 0 Å². The number of methoxy groups -OCH3 is 1. The molecule has 0 unspecified atom stereocenters. The summed E-state index contributed by atoms with van der Waals surface area (Å²) in [5, 5.41) is 10.5. The highest BCUT2D eigenvalue weighted by Crippen LogP contribution is 2.20. The van der Waals surface area contributed by atoms with E-state index in [4.69, 9.17) is 28.6 Å². The summed E-state index contributed by atoms with van der Waals surface area (Å²) in [4.78, 5) is 11.9. The van der Waals surface area contributed by atoms with Gasteiger partial charge in [-0.05, 0) is 42.0 Å². The third-order valence-corrected chi connectivity index (χ3v) is 4.32. The predicted octanol–water partition coefficient (Wildman–Crippen LogP) is 4.32. The fourth-order valence-corrected chi connectivity index (χ4v) is 2.94. The molecule has 2 N–H and O–H groups in total. The fourth-order valence-electron chi connectivity index (χ4n) is 2.52. The molecule has 0 saturated heterocycles. The van der Waals surface area contributed by atoms with Gasteiger partial charge in [0.1, 0.15) is 5.82 Å². The molecule has 1 aromatic heterocycles. The number of halogens is 2. The first-order valence-corrected chi connectivity index (χ1v) is 8.96. The molecule has 0 aliphatic heterocycles. The number of esters is 1. The Balaban J connectivity index is 1.65. The lowest BCUT2D eigenvalue weighted by atomic mass is 10.1. The average molecular weight is 419 g/mol. The van der Waals surface area contributed by atoms with Crippen molar-refractivity contribution in [2.24, 2.45) is 0 Å². The highest BCUT2D eigenvalue weighted by atomic mass is 35.5. The van der Waals surface area contributed by atoms with E-state index in [1.54, 1.807) is 29.2 Å². The van der Waals surface area contributed by atoms with Crippen LogP contribution in [0.5, 0.6) is 0 Å². The molecule has 0 saturated carbocycles. The summed E-state index contributed by atoms with van der Waals surface area (Å²) in [5.74, 6) is -0.899. The van der Waals surface area contributed by atoms with Gasteiger partial charge in [-0.15, -0.1) is 0 Å². The molecular weight excluding hydrogens is 403 g/mol. The fraction of sp³-hybridized carbons (Fsp3) is 0.105. The van der Waals surface area contributed by atoms with Crippen molar-refractivity contribution in [3.05, 3.63) is 76.8 Å². The van der Waals surface area contributed by atoms with Crippen molar-refractivity contribution < 1.29 is 13.9 Å². The van der Waals surface area contributed by atoms with Crippen LogP contribution in [0.25, 0.3) is 0 Å². The van der Waals surface area contributed by atoms with E-state index in [2.05, 4.69) is 15.7 Å². The zero-order valence-electron chi connectivity index (χ0n) is 14.8. The molecule has 3 aromatic rings. The van der Waals surface area contributed by atoms with Crippen molar-refractivity contribution in [2.75, 3.05) is 17.7 Å². The number of anilines is 2. The zero-order chi connectivity index (χ0) is 20.1. The maximum absolute atomic E-state index is 13.2. The van der Waals surface area contributed by atoms with Gasteiger partial charge in [0.15, 0.2) is 5.11 Å². The van der Waals surface area contributed by atoms with E-state index in [0.29, 0.717) is 28.6 Å². The third-order valence-electron chi connectivity index (χ3n) is 3.82. The zero-order valence-corrected chi connectivity index (χ0v) is 16.4. The summed E-state index contributed by atoms with van der Waals surface area (Å²) in [5.41, 5.74) is 2.48. The van der Waals surface area contributed by atoms with Crippen LogP contribution in [0.4, 0.5) is 15.8 Å². The Morgan fingerprint density at radius 1 is 1.25 bits per heavy atom. The van der Waals surface area contributed by atoms with Crippen LogP contribution in [0.15, 0.2) is 54.9 Å². The molecule has 144 valence electrons. The lowest BCUT2D eigenvalue weighted by Gasteiger charge is -2.09. The van der Waals surface area contributed by atoms with E-state index in [9.17, 15) is 9.18 Å². The first-order chi connectivity index (χ1) is 13.5. The number of nitrogens with zero attached hydrogens (tertiary/aromatic N) is 2. The van der Waals surface area contributed by atoms with E-state index in [1.807, 2.05) is 12.1 Å². The van der Waals surface area contributed by atoms with Gasteiger partial charge in [-0.3, -0.25) is 4.68 Å². The van der Waals surface area contributed by atoms with Crippen molar-refractivity contribution in [3.63, 3.8) is 0 Å². The van der Waals surface area contributed by atoms with Gasteiger partial charge in [-0.25, -0.2) is 9.18 Å². The minimum Gasteiger partial charge on any atom is -0.465 e. The highest BCUT2D eigenvalue weighted by molar-refractivity contribution is 7.80. The number of hydrogen-bond donors (Lipinski definition) is 2. The van der Waals surface area contributed by atoms with Crippen LogP contribution in [0.3, 0.4) is 0 Å². The maximum atomic E-state index is 13.2. The van der Waals surface area contributed by atoms with E-state index < -0.39 is 11.8 Å². The molecule has 0 amide bonds. The first-order valence-electron chi connectivity index (χ1n) is 8.18. The summed E-state index contributed by atoms with van der Waals surface area (Å²) in [7, 11) is 1.34. The van der Waals surface area contributed by atoms with Gasteiger partial charge in [-0.1, -0.05) is 29.8 Å². The molecule has 0 aliphatic rings. The molecular formula is C19H16ClFN4O2S. The summed E-state index contributed by atoms with van der Waals surface area (Å²) < 4.78 is 19.7. The Hall–Kier alpha value is -2.97. The van der Waals surface area contributed by atoms with Crippen LogP contribution in [-0.4, -0.2) is 28.0 Å². The number of nitrogens with one attached hydrogen (secondary N) is 2. The lowest BCUT2D eigenvalue weighted by molar-refractivity contribution is 0.0599. The van der Waals surface area contributed by atoms with Crippen molar-refractivity contribution in [2.45, 2.75) is 6.54 Å². The largest absolute Gasteiger partial charge is 0.465 e. The average Bonchev–Trinajstić information content (AvgIpc) is 3.11. The van der Waals surface area contributed by atoms with Gasteiger partial charge in [0.2, 0.25) is 0 Å². The second-order valence-electron chi connectivity index (χ2n) is 5.78. The van der Waals surface area contributed by atoms with Crippen molar-refractivity contribution >= 4 is 46.3 Å². The molecule has 0 radical (unpaired) electrons. The second kappa shape index (κ2) is 8.81. The quantitative estimate of drug-likeness (QED) is 0.475. The topological polar surface area (TPSA) is 68.2 Å². The van der Waals surface area contributed by atoms with Gasteiger partial charge >= 0.3 is 5.97 Å². The molecule has 0 atom stereocenters. The number of ether oxygens (including phenoxy) is 1. The van der Waals surface area contributed by atoms with Gasteiger partial charge in [-0.2, -0.15) is 5.10 Å². The molecule has 0 fully saturated rings. The number of thiocarbonyl (C=S) groups is 1. The Labute approximate surface area is 171 Å².